The molecule has 3 N–H and O–H groups in total. The topological polar surface area (TPSA) is 108 Å². The first kappa shape index (κ1) is 28.2. The van der Waals surface area contributed by atoms with E-state index in [9.17, 15) is 14.4 Å². The molecule has 2 aromatic rings. The van der Waals surface area contributed by atoms with E-state index in [4.69, 9.17) is 5.73 Å². The zero-order chi connectivity index (χ0) is 26.8. The number of hydrogen-bond donors (Lipinski definition) is 2. The summed E-state index contributed by atoms with van der Waals surface area (Å²) in [5.74, 6) is -0.763. The number of hydrogen-bond acceptors (Lipinski definition) is 5. The highest BCUT2D eigenvalue weighted by Gasteiger charge is 2.33. The van der Waals surface area contributed by atoms with Crippen LogP contribution in [0.5, 0.6) is 0 Å². The van der Waals surface area contributed by atoms with Crippen LogP contribution in [0.1, 0.15) is 37.8 Å². The van der Waals surface area contributed by atoms with Gasteiger partial charge in [-0.3, -0.25) is 14.4 Å². The summed E-state index contributed by atoms with van der Waals surface area (Å²) in [5, 5.41) is 2.84. The van der Waals surface area contributed by atoms with Gasteiger partial charge in [-0.25, -0.2) is 4.99 Å². The van der Waals surface area contributed by atoms with Crippen LogP contribution in [0, 0.1) is 0 Å². The molecule has 0 radical (unpaired) electrons. The lowest BCUT2D eigenvalue weighted by Gasteiger charge is -2.32. The van der Waals surface area contributed by atoms with Crippen LogP contribution in [0.15, 0.2) is 65.7 Å². The maximum absolute atomic E-state index is 13.5. The minimum Gasteiger partial charge on any atom is -0.339 e. The number of benzene rings is 2. The molecule has 1 aliphatic rings. The lowest BCUT2D eigenvalue weighted by Crippen LogP contribution is -2.51. The number of amides is 3. The molecule has 198 valence electrons. The molecule has 0 aromatic heterocycles. The van der Waals surface area contributed by atoms with Crippen molar-refractivity contribution in [1.29, 1.82) is 0 Å². The van der Waals surface area contributed by atoms with E-state index in [0.29, 0.717) is 32.5 Å². The van der Waals surface area contributed by atoms with Crippen LogP contribution in [-0.4, -0.2) is 78.0 Å². The first-order valence-corrected chi connectivity index (χ1v) is 13.0. The summed E-state index contributed by atoms with van der Waals surface area (Å²) in [7, 11) is 1.68. The molecule has 2 aromatic carbocycles. The summed E-state index contributed by atoms with van der Waals surface area (Å²) in [6.45, 7) is 4.76. The third-order valence-electron chi connectivity index (χ3n) is 6.90. The predicted molar refractivity (Wildman–Crippen MR) is 146 cm³/mol. The van der Waals surface area contributed by atoms with Gasteiger partial charge in [0, 0.05) is 25.7 Å². The van der Waals surface area contributed by atoms with Crippen molar-refractivity contribution in [3.63, 3.8) is 0 Å². The highest BCUT2D eigenvalue weighted by Crippen LogP contribution is 2.20. The van der Waals surface area contributed by atoms with Gasteiger partial charge < -0.3 is 20.9 Å². The van der Waals surface area contributed by atoms with Crippen LogP contribution >= 0.6 is 0 Å². The number of rotatable bonds is 11. The molecule has 1 heterocycles. The number of likely N-dealkylation sites (tertiary alicyclic amines) is 1. The van der Waals surface area contributed by atoms with Crippen LogP contribution in [-0.2, 0) is 27.2 Å². The first-order valence-electron chi connectivity index (χ1n) is 13.0. The molecule has 3 amide bonds. The van der Waals surface area contributed by atoms with E-state index in [2.05, 4.69) is 10.3 Å². The van der Waals surface area contributed by atoms with E-state index in [0.717, 1.165) is 24.0 Å². The fourth-order valence-corrected chi connectivity index (χ4v) is 4.58. The molecule has 0 aliphatic carbocycles. The van der Waals surface area contributed by atoms with E-state index in [1.165, 1.54) is 0 Å². The molecule has 8 heteroatoms. The Morgan fingerprint density at radius 3 is 2.32 bits per heavy atom. The molecule has 1 fully saturated rings. The third kappa shape index (κ3) is 8.06. The molecule has 0 unspecified atom stereocenters. The van der Waals surface area contributed by atoms with Crippen LogP contribution in [0.3, 0.4) is 0 Å². The Labute approximate surface area is 219 Å². The molecule has 0 bridgehead atoms. The maximum Gasteiger partial charge on any atom is 0.268 e. The van der Waals surface area contributed by atoms with Crippen molar-refractivity contribution in [2.45, 2.75) is 57.7 Å². The highest BCUT2D eigenvalue weighted by molar-refractivity contribution is 6.39. The molecule has 0 spiro atoms. The molecule has 1 aliphatic heterocycles. The van der Waals surface area contributed by atoms with Gasteiger partial charge in [-0.1, -0.05) is 60.7 Å². The van der Waals surface area contributed by atoms with Crippen molar-refractivity contribution in [2.75, 3.05) is 26.7 Å². The van der Waals surface area contributed by atoms with Gasteiger partial charge in [0.25, 0.3) is 11.8 Å². The second kappa shape index (κ2) is 13.8. The average molecular weight is 506 g/mol. The highest BCUT2D eigenvalue weighted by atomic mass is 16.2. The number of nitrogens with two attached hydrogens (primary N) is 1. The summed E-state index contributed by atoms with van der Waals surface area (Å²) in [6, 6.07) is 18.5. The average Bonchev–Trinajstić information content (AvgIpc) is 3.38. The monoisotopic (exact) mass is 505 g/mol. The van der Waals surface area contributed by atoms with E-state index in [1.54, 1.807) is 30.7 Å². The SMILES string of the molecule is CN[C@@H](C)C(=O)N=C(C)C(=O)N1CCC[C@H]1CN(CCc1ccccc1)C(=O)[C@H](N)Cc1ccccc1. The number of aliphatic imine (C=N–C) groups is 1. The minimum atomic E-state index is -0.673. The van der Waals surface area contributed by atoms with E-state index in [-0.39, 0.29) is 29.5 Å². The number of carbonyl (C=O) groups excluding carboxylic acids is 3. The number of nitrogens with zero attached hydrogens (tertiary/aromatic N) is 3. The second-order valence-electron chi connectivity index (χ2n) is 9.66. The summed E-state index contributed by atoms with van der Waals surface area (Å²) in [5.41, 5.74) is 8.71. The molecular weight excluding hydrogens is 466 g/mol. The molecule has 3 rings (SSSR count). The minimum absolute atomic E-state index is 0.123. The zero-order valence-electron chi connectivity index (χ0n) is 22.1. The maximum atomic E-state index is 13.5. The van der Waals surface area contributed by atoms with Gasteiger partial charge in [0.15, 0.2) is 0 Å². The zero-order valence-corrected chi connectivity index (χ0v) is 22.1. The normalized spacial score (nSPS) is 17.4. The Morgan fingerprint density at radius 1 is 1.08 bits per heavy atom. The molecule has 8 nitrogen and oxygen atoms in total. The predicted octanol–water partition coefficient (Wildman–Crippen LogP) is 2.21. The van der Waals surface area contributed by atoms with Gasteiger partial charge in [-0.15, -0.1) is 0 Å². The van der Waals surface area contributed by atoms with Crippen molar-refractivity contribution in [1.82, 2.24) is 15.1 Å². The van der Waals surface area contributed by atoms with Gasteiger partial charge in [0.2, 0.25) is 5.91 Å². The number of nitrogens with one attached hydrogen (secondary N) is 1. The summed E-state index contributed by atoms with van der Waals surface area (Å²) in [4.78, 5) is 46.5. The largest absolute Gasteiger partial charge is 0.339 e. The Kier molecular flexibility index (Phi) is 10.5. The summed E-state index contributed by atoms with van der Waals surface area (Å²) >= 11 is 0. The molecule has 37 heavy (non-hydrogen) atoms. The van der Waals surface area contributed by atoms with Gasteiger partial charge in [-0.05, 0) is 57.7 Å². The lowest BCUT2D eigenvalue weighted by atomic mass is 10.0. The number of likely N-dealkylation sites (N-methyl/N-ethyl adjacent to an activating group) is 1. The Hall–Kier alpha value is -3.36. The lowest BCUT2D eigenvalue weighted by molar-refractivity contribution is -0.135. The Bertz CT molecular complexity index is 1070. The van der Waals surface area contributed by atoms with Crippen molar-refractivity contribution in [3.05, 3.63) is 71.8 Å². The van der Waals surface area contributed by atoms with E-state index in [1.807, 2.05) is 60.7 Å². The van der Waals surface area contributed by atoms with E-state index >= 15 is 0 Å². The van der Waals surface area contributed by atoms with Crippen molar-refractivity contribution < 1.29 is 14.4 Å². The standard InChI is InChI=1S/C29H39N5O3/c1-21(31-3)27(35)32-22(2)28(36)34-17-10-15-25(34)20-33(18-16-23-11-6-4-7-12-23)29(37)26(30)19-24-13-8-5-9-14-24/h4-9,11-14,21,25-26,31H,10,15-20,30H2,1-3H3/t21-,25-,26+/m0/s1. The fourth-order valence-electron chi connectivity index (χ4n) is 4.58. The summed E-state index contributed by atoms with van der Waals surface area (Å²) < 4.78 is 0. The van der Waals surface area contributed by atoms with Crippen molar-refractivity contribution >= 4 is 23.4 Å². The Balaban J connectivity index is 1.74. The van der Waals surface area contributed by atoms with Crippen LogP contribution in [0.2, 0.25) is 0 Å². The molecule has 0 saturated carbocycles. The van der Waals surface area contributed by atoms with Crippen molar-refractivity contribution in [2.24, 2.45) is 10.7 Å². The van der Waals surface area contributed by atoms with Crippen LogP contribution in [0.4, 0.5) is 0 Å². The van der Waals surface area contributed by atoms with Crippen LogP contribution in [0.25, 0.3) is 0 Å². The second-order valence-corrected chi connectivity index (χ2v) is 9.66. The summed E-state index contributed by atoms with van der Waals surface area (Å²) in [6.07, 6.45) is 2.76. The third-order valence-corrected chi connectivity index (χ3v) is 6.90. The van der Waals surface area contributed by atoms with Crippen molar-refractivity contribution in [3.8, 4) is 0 Å². The first-order chi connectivity index (χ1) is 17.8. The molecule has 1 saturated heterocycles. The van der Waals surface area contributed by atoms with Crippen LogP contribution < -0.4 is 11.1 Å². The quantitative estimate of drug-likeness (QED) is 0.455. The molecular formula is C29H39N5O3. The van der Waals surface area contributed by atoms with Gasteiger partial charge in [-0.2, -0.15) is 0 Å². The molecule has 3 atom stereocenters. The Morgan fingerprint density at radius 2 is 1.70 bits per heavy atom. The number of carbonyl (C=O) groups is 3. The van der Waals surface area contributed by atoms with Gasteiger partial charge in [0.1, 0.15) is 5.71 Å². The smallest absolute Gasteiger partial charge is 0.268 e. The van der Waals surface area contributed by atoms with Gasteiger partial charge in [0.05, 0.1) is 12.1 Å². The fraction of sp³-hybridized carbons (Fsp3) is 0.448. The van der Waals surface area contributed by atoms with E-state index < -0.39 is 12.1 Å². The van der Waals surface area contributed by atoms with Gasteiger partial charge >= 0.3 is 0 Å².